The van der Waals surface area contributed by atoms with E-state index in [2.05, 4.69) is 4.98 Å². The van der Waals surface area contributed by atoms with Gasteiger partial charge >= 0.3 is 6.18 Å². The minimum atomic E-state index is -4.42. The zero-order chi connectivity index (χ0) is 14.0. The average molecular weight is 269 g/mol. The lowest BCUT2D eigenvalue weighted by molar-refractivity contribution is -0.171. The van der Waals surface area contributed by atoms with Gasteiger partial charge < -0.3 is 10.3 Å². The van der Waals surface area contributed by atoms with Crippen molar-refractivity contribution in [3.63, 3.8) is 0 Å². The molecule has 6 heteroatoms. The third-order valence-corrected chi connectivity index (χ3v) is 2.83. The lowest BCUT2D eigenvalue weighted by Gasteiger charge is -2.26. The van der Waals surface area contributed by atoms with Crippen molar-refractivity contribution in [1.82, 2.24) is 9.55 Å². The van der Waals surface area contributed by atoms with E-state index in [-0.39, 0.29) is 5.82 Å². The standard InChI is InChI=1S/C13H14F3N3/c1-9(17)11(13(14,15)16)19-8-7-18-12(19)10-5-3-2-4-6-10/h2-9,11H,17H2,1H3. The number of nitrogens with zero attached hydrogens (tertiary/aromatic N) is 2. The van der Waals surface area contributed by atoms with Crippen LogP contribution in [0.15, 0.2) is 42.7 Å². The van der Waals surface area contributed by atoms with E-state index in [4.69, 9.17) is 5.73 Å². The van der Waals surface area contributed by atoms with Crippen LogP contribution in [0.4, 0.5) is 13.2 Å². The van der Waals surface area contributed by atoms with E-state index in [1.54, 1.807) is 30.3 Å². The lowest BCUT2D eigenvalue weighted by Crippen LogP contribution is -2.39. The number of benzene rings is 1. The molecule has 1 aromatic carbocycles. The van der Waals surface area contributed by atoms with Crippen LogP contribution in [0, 0.1) is 0 Å². The first kappa shape index (κ1) is 13.6. The number of imidazole rings is 1. The molecule has 0 saturated heterocycles. The zero-order valence-corrected chi connectivity index (χ0v) is 10.3. The van der Waals surface area contributed by atoms with Crippen molar-refractivity contribution in [1.29, 1.82) is 0 Å². The van der Waals surface area contributed by atoms with E-state index in [9.17, 15) is 13.2 Å². The first-order valence-corrected chi connectivity index (χ1v) is 5.82. The molecule has 0 bridgehead atoms. The highest BCUT2D eigenvalue weighted by Gasteiger charge is 2.44. The third-order valence-electron chi connectivity index (χ3n) is 2.83. The van der Waals surface area contributed by atoms with Gasteiger partial charge in [0.1, 0.15) is 11.9 Å². The Morgan fingerprint density at radius 2 is 1.84 bits per heavy atom. The second kappa shape index (κ2) is 5.05. The Labute approximate surface area is 108 Å². The van der Waals surface area contributed by atoms with Crippen LogP contribution < -0.4 is 5.73 Å². The molecule has 2 atom stereocenters. The summed E-state index contributed by atoms with van der Waals surface area (Å²) in [5.41, 5.74) is 6.12. The van der Waals surface area contributed by atoms with E-state index in [0.29, 0.717) is 5.56 Å². The van der Waals surface area contributed by atoms with Crippen LogP contribution in [0.1, 0.15) is 13.0 Å². The number of alkyl halides is 3. The third kappa shape index (κ3) is 2.78. The number of halogens is 3. The number of rotatable bonds is 3. The fourth-order valence-electron chi connectivity index (χ4n) is 2.06. The van der Waals surface area contributed by atoms with Crippen molar-refractivity contribution in [3.05, 3.63) is 42.7 Å². The maximum Gasteiger partial charge on any atom is 0.410 e. The van der Waals surface area contributed by atoms with Crippen molar-refractivity contribution in [2.75, 3.05) is 0 Å². The zero-order valence-electron chi connectivity index (χ0n) is 10.3. The number of hydrogen-bond donors (Lipinski definition) is 1. The van der Waals surface area contributed by atoms with Gasteiger partial charge in [0.05, 0.1) is 0 Å². The summed E-state index contributed by atoms with van der Waals surface area (Å²) in [6.07, 6.45) is -1.76. The summed E-state index contributed by atoms with van der Waals surface area (Å²) in [4.78, 5) is 4.01. The van der Waals surface area contributed by atoms with Crippen molar-refractivity contribution < 1.29 is 13.2 Å². The highest BCUT2D eigenvalue weighted by Crippen LogP contribution is 2.35. The first-order chi connectivity index (χ1) is 8.91. The molecule has 1 heterocycles. The van der Waals surface area contributed by atoms with Crippen LogP contribution in [0.2, 0.25) is 0 Å². The van der Waals surface area contributed by atoms with Gasteiger partial charge in [-0.3, -0.25) is 0 Å². The van der Waals surface area contributed by atoms with Gasteiger partial charge in [-0.2, -0.15) is 13.2 Å². The normalized spacial score (nSPS) is 15.2. The van der Waals surface area contributed by atoms with Crippen molar-refractivity contribution in [2.45, 2.75) is 25.2 Å². The summed E-state index contributed by atoms with van der Waals surface area (Å²) in [5, 5.41) is 0. The number of nitrogens with two attached hydrogens (primary N) is 1. The van der Waals surface area contributed by atoms with E-state index < -0.39 is 18.3 Å². The molecule has 1 aromatic heterocycles. The monoisotopic (exact) mass is 269 g/mol. The highest BCUT2D eigenvalue weighted by molar-refractivity contribution is 5.55. The van der Waals surface area contributed by atoms with Gasteiger partial charge in [0.25, 0.3) is 0 Å². The minimum Gasteiger partial charge on any atom is -0.326 e. The fraction of sp³-hybridized carbons (Fsp3) is 0.308. The van der Waals surface area contributed by atoms with Gasteiger partial charge in [0, 0.05) is 24.0 Å². The predicted octanol–water partition coefficient (Wildman–Crippen LogP) is 3.00. The number of aromatic nitrogens is 2. The van der Waals surface area contributed by atoms with Crippen LogP contribution >= 0.6 is 0 Å². The fourth-order valence-corrected chi connectivity index (χ4v) is 2.06. The molecule has 0 aliphatic carbocycles. The van der Waals surface area contributed by atoms with Gasteiger partial charge in [-0.15, -0.1) is 0 Å². The molecule has 0 aliphatic rings. The molecule has 0 amide bonds. The molecule has 2 unspecified atom stereocenters. The molecule has 0 saturated carbocycles. The van der Waals surface area contributed by atoms with Crippen LogP contribution in [0.25, 0.3) is 11.4 Å². The molecular weight excluding hydrogens is 255 g/mol. The molecular formula is C13H14F3N3. The summed E-state index contributed by atoms with van der Waals surface area (Å²) >= 11 is 0. The summed E-state index contributed by atoms with van der Waals surface area (Å²) < 4.78 is 40.4. The molecule has 0 aliphatic heterocycles. The Morgan fingerprint density at radius 1 is 1.21 bits per heavy atom. The summed E-state index contributed by atoms with van der Waals surface area (Å²) in [7, 11) is 0. The lowest BCUT2D eigenvalue weighted by atomic mass is 10.1. The molecule has 2 aromatic rings. The predicted molar refractivity (Wildman–Crippen MR) is 66.4 cm³/mol. The SMILES string of the molecule is CC(N)C(n1ccnc1-c1ccccc1)C(F)(F)F. The minimum absolute atomic E-state index is 0.264. The quantitative estimate of drug-likeness (QED) is 0.930. The second-order valence-corrected chi connectivity index (χ2v) is 4.37. The maximum atomic E-state index is 13.1. The molecule has 102 valence electrons. The molecule has 3 nitrogen and oxygen atoms in total. The van der Waals surface area contributed by atoms with E-state index in [1.165, 1.54) is 19.3 Å². The molecule has 2 rings (SSSR count). The van der Waals surface area contributed by atoms with Gasteiger partial charge in [-0.1, -0.05) is 30.3 Å². The van der Waals surface area contributed by atoms with Gasteiger partial charge in [-0.25, -0.2) is 4.98 Å². The Balaban J connectivity index is 2.49. The Hall–Kier alpha value is -1.82. The Bertz CT molecular complexity index is 532. The van der Waals surface area contributed by atoms with Gasteiger partial charge in [-0.05, 0) is 6.92 Å². The second-order valence-electron chi connectivity index (χ2n) is 4.37. The summed E-state index contributed by atoms with van der Waals surface area (Å²) in [5.74, 6) is 0.264. The average Bonchev–Trinajstić information content (AvgIpc) is 2.76. The molecule has 0 spiro atoms. The summed E-state index contributed by atoms with van der Waals surface area (Å²) in [6, 6.07) is 5.89. The van der Waals surface area contributed by atoms with Crippen molar-refractivity contribution in [2.24, 2.45) is 5.73 Å². The molecule has 0 fully saturated rings. The summed E-state index contributed by atoms with van der Waals surface area (Å²) in [6.45, 7) is 1.34. The smallest absolute Gasteiger partial charge is 0.326 e. The van der Waals surface area contributed by atoms with Crippen LogP contribution in [0.3, 0.4) is 0 Å². The van der Waals surface area contributed by atoms with E-state index >= 15 is 0 Å². The Kier molecular flexibility index (Phi) is 3.61. The van der Waals surface area contributed by atoms with Gasteiger partial charge in [0.15, 0.2) is 0 Å². The largest absolute Gasteiger partial charge is 0.410 e. The van der Waals surface area contributed by atoms with Gasteiger partial charge in [0.2, 0.25) is 0 Å². The van der Waals surface area contributed by atoms with E-state index in [1.807, 2.05) is 0 Å². The topological polar surface area (TPSA) is 43.8 Å². The van der Waals surface area contributed by atoms with Crippen molar-refractivity contribution in [3.8, 4) is 11.4 Å². The van der Waals surface area contributed by atoms with Crippen LogP contribution in [-0.4, -0.2) is 21.8 Å². The maximum absolute atomic E-state index is 13.1. The Morgan fingerprint density at radius 3 is 2.37 bits per heavy atom. The number of hydrogen-bond acceptors (Lipinski definition) is 2. The molecule has 19 heavy (non-hydrogen) atoms. The molecule has 2 N–H and O–H groups in total. The highest BCUT2D eigenvalue weighted by atomic mass is 19.4. The van der Waals surface area contributed by atoms with Crippen LogP contribution in [-0.2, 0) is 0 Å². The first-order valence-electron chi connectivity index (χ1n) is 5.82. The molecule has 0 radical (unpaired) electrons. The van der Waals surface area contributed by atoms with E-state index in [0.717, 1.165) is 4.57 Å². The van der Waals surface area contributed by atoms with Crippen molar-refractivity contribution >= 4 is 0 Å². The van der Waals surface area contributed by atoms with Crippen LogP contribution in [0.5, 0.6) is 0 Å².